The van der Waals surface area contributed by atoms with Crippen LogP contribution in [0.5, 0.6) is 0 Å². The molecule has 10 heavy (non-hydrogen) atoms. The summed E-state index contributed by atoms with van der Waals surface area (Å²) in [6.45, 7) is -0.278. The summed E-state index contributed by atoms with van der Waals surface area (Å²) in [5.74, 6) is -0.299. The van der Waals surface area contributed by atoms with Gasteiger partial charge in [-0.05, 0) is 12.1 Å². The average molecular weight is 258 g/mol. The molecule has 3 heteroatoms. The van der Waals surface area contributed by atoms with Crippen molar-refractivity contribution in [2.24, 2.45) is 0 Å². The minimum Gasteiger partial charge on any atom is -0.851 e. The molecule has 0 aliphatic rings. The van der Waals surface area contributed by atoms with E-state index in [1.165, 1.54) is 24.3 Å². The van der Waals surface area contributed by atoms with E-state index in [1.807, 2.05) is 0 Å². The molecule has 0 saturated carbocycles. The molecule has 0 aromatic heterocycles. The smallest absolute Gasteiger partial charge is 0.851 e. The summed E-state index contributed by atoms with van der Waals surface area (Å²) in [5, 5.41) is 10.1. The molecule has 1 aromatic carbocycles. The van der Waals surface area contributed by atoms with Crippen LogP contribution in [0.1, 0.15) is 5.56 Å². The molecule has 0 bridgehead atoms. The second-order valence-corrected chi connectivity index (χ2v) is 1.77. The number of hydrogen-bond acceptors (Lipinski definition) is 1. The predicted octanol–water partition coefficient (Wildman–Crippen LogP) is -2.31. The van der Waals surface area contributed by atoms with Crippen molar-refractivity contribution in [2.75, 3.05) is 0 Å². The third kappa shape index (κ3) is 3.52. The molecule has 1 aromatic rings. The summed E-state index contributed by atoms with van der Waals surface area (Å²) in [7, 11) is 0. The Hall–Kier alpha value is 1.16. The molecule has 1 rings (SSSR count). The van der Waals surface area contributed by atoms with Crippen LogP contribution in [-0.4, -0.2) is 0 Å². The van der Waals surface area contributed by atoms with E-state index in [1.54, 1.807) is 0 Å². The van der Waals surface area contributed by atoms with Gasteiger partial charge in [-0.25, -0.2) is 4.39 Å². The molecule has 0 radical (unpaired) electrons. The van der Waals surface area contributed by atoms with Crippen LogP contribution in [0.4, 0.5) is 4.39 Å². The maximum atomic E-state index is 12.1. The predicted molar refractivity (Wildman–Crippen MR) is 30.1 cm³/mol. The zero-order valence-electron chi connectivity index (χ0n) is 5.80. The molecule has 0 spiro atoms. The summed E-state index contributed by atoms with van der Waals surface area (Å²) < 4.78 is 12.1. The molecule has 0 fully saturated rings. The van der Waals surface area contributed by atoms with E-state index in [0.717, 1.165) is 0 Å². The van der Waals surface area contributed by atoms with Gasteiger partial charge in [-0.15, -0.1) is 6.61 Å². The van der Waals surface area contributed by atoms with Crippen LogP contribution in [-0.2, 0) is 6.61 Å². The zero-order valence-corrected chi connectivity index (χ0v) is 12.1. The van der Waals surface area contributed by atoms with E-state index in [2.05, 4.69) is 0 Å². The third-order valence-electron chi connectivity index (χ3n) is 1.08. The average Bonchev–Trinajstić information content (AvgIpc) is 1.90. The van der Waals surface area contributed by atoms with Gasteiger partial charge in [0.25, 0.3) is 0 Å². The van der Waals surface area contributed by atoms with E-state index in [9.17, 15) is 9.50 Å². The minimum absolute atomic E-state index is 0. The molecular formula is C7H6CsFO. The zero-order chi connectivity index (χ0) is 6.69. The van der Waals surface area contributed by atoms with Crippen molar-refractivity contribution < 1.29 is 78.4 Å². The molecule has 0 aliphatic heterocycles. The second-order valence-electron chi connectivity index (χ2n) is 1.77. The Labute approximate surface area is 118 Å². The van der Waals surface area contributed by atoms with Gasteiger partial charge in [-0.2, -0.15) is 0 Å². The Kier molecular flexibility index (Phi) is 6.44. The molecule has 0 amide bonds. The van der Waals surface area contributed by atoms with Crippen LogP contribution >= 0.6 is 0 Å². The summed E-state index contributed by atoms with van der Waals surface area (Å²) >= 11 is 0. The quantitative estimate of drug-likeness (QED) is 0.555. The van der Waals surface area contributed by atoms with Crippen LogP contribution in [0.25, 0.3) is 0 Å². The maximum absolute atomic E-state index is 12.1. The van der Waals surface area contributed by atoms with Crippen LogP contribution in [0, 0.1) is 5.82 Å². The van der Waals surface area contributed by atoms with Gasteiger partial charge in [0.2, 0.25) is 0 Å². The van der Waals surface area contributed by atoms with Crippen molar-refractivity contribution in [3.63, 3.8) is 0 Å². The van der Waals surface area contributed by atoms with Crippen LogP contribution in [0.3, 0.4) is 0 Å². The molecule has 48 valence electrons. The molecule has 0 unspecified atom stereocenters. The molecule has 0 heterocycles. The van der Waals surface area contributed by atoms with Crippen LogP contribution in [0.15, 0.2) is 24.3 Å². The van der Waals surface area contributed by atoms with Gasteiger partial charge in [-0.3, -0.25) is 0 Å². The summed E-state index contributed by atoms with van der Waals surface area (Å²) in [6, 6.07) is 5.55. The summed E-state index contributed by atoms with van der Waals surface area (Å²) in [5.41, 5.74) is 0.622. The molecule has 1 nitrogen and oxygen atoms in total. The number of halogens is 1. The Morgan fingerprint density at radius 3 is 2.10 bits per heavy atom. The van der Waals surface area contributed by atoms with Crippen molar-refractivity contribution in [3.05, 3.63) is 35.6 Å². The van der Waals surface area contributed by atoms with Gasteiger partial charge in [-0.1, -0.05) is 17.7 Å². The Balaban J connectivity index is 0.000000810. The first-order chi connectivity index (χ1) is 4.33. The van der Waals surface area contributed by atoms with E-state index in [0.29, 0.717) is 5.56 Å². The van der Waals surface area contributed by atoms with E-state index >= 15 is 0 Å². The molecule has 0 N–H and O–H groups in total. The first-order valence-electron chi connectivity index (χ1n) is 2.65. The Morgan fingerprint density at radius 2 is 1.70 bits per heavy atom. The summed E-state index contributed by atoms with van der Waals surface area (Å²) in [6.07, 6.45) is 0. The van der Waals surface area contributed by atoms with Crippen molar-refractivity contribution in [2.45, 2.75) is 6.61 Å². The minimum atomic E-state index is -0.299. The standard InChI is InChI=1S/C7H6FO.Cs/c8-7-3-1-6(5-9)2-4-7;/h1-4H,5H2;/q-1;+1. The van der Waals surface area contributed by atoms with Gasteiger partial charge < -0.3 is 5.11 Å². The van der Waals surface area contributed by atoms with Gasteiger partial charge >= 0.3 is 68.9 Å². The van der Waals surface area contributed by atoms with Gasteiger partial charge in [0, 0.05) is 0 Å². The first kappa shape index (κ1) is 11.2. The van der Waals surface area contributed by atoms with E-state index in [4.69, 9.17) is 0 Å². The molecule has 0 atom stereocenters. The fourth-order valence-electron chi connectivity index (χ4n) is 0.581. The van der Waals surface area contributed by atoms with Crippen molar-refractivity contribution >= 4 is 0 Å². The first-order valence-corrected chi connectivity index (χ1v) is 2.65. The van der Waals surface area contributed by atoms with Gasteiger partial charge in [0.1, 0.15) is 5.82 Å². The molecule has 0 aliphatic carbocycles. The topological polar surface area (TPSA) is 23.1 Å². The number of rotatable bonds is 1. The van der Waals surface area contributed by atoms with Crippen molar-refractivity contribution in [1.29, 1.82) is 0 Å². The van der Waals surface area contributed by atoms with Crippen LogP contribution < -0.4 is 74.0 Å². The molecular weight excluding hydrogens is 252 g/mol. The van der Waals surface area contributed by atoms with E-state index in [-0.39, 0.29) is 81.3 Å². The summed E-state index contributed by atoms with van der Waals surface area (Å²) in [4.78, 5) is 0. The largest absolute Gasteiger partial charge is 1.00 e. The fourth-order valence-corrected chi connectivity index (χ4v) is 0.581. The van der Waals surface area contributed by atoms with Crippen molar-refractivity contribution in [1.82, 2.24) is 0 Å². The Morgan fingerprint density at radius 1 is 1.20 bits per heavy atom. The third-order valence-corrected chi connectivity index (χ3v) is 1.08. The van der Waals surface area contributed by atoms with E-state index < -0.39 is 0 Å². The number of hydrogen-bond donors (Lipinski definition) is 0. The SMILES string of the molecule is [Cs+].[O-]Cc1ccc(F)cc1. The maximum Gasteiger partial charge on any atom is 1.00 e. The normalized spacial score (nSPS) is 8.60. The fraction of sp³-hybridized carbons (Fsp3) is 0.143. The number of benzene rings is 1. The van der Waals surface area contributed by atoms with Crippen molar-refractivity contribution in [3.8, 4) is 0 Å². The monoisotopic (exact) mass is 258 g/mol. The van der Waals surface area contributed by atoms with Gasteiger partial charge in [0.15, 0.2) is 0 Å². The van der Waals surface area contributed by atoms with Gasteiger partial charge in [0.05, 0.1) is 0 Å². The molecule has 0 saturated heterocycles. The Bertz CT molecular complexity index is 185. The second kappa shape index (κ2) is 5.77. The van der Waals surface area contributed by atoms with Crippen LogP contribution in [0.2, 0.25) is 0 Å².